The minimum Gasteiger partial charge on any atom is -0.491 e. The topological polar surface area (TPSA) is 101 Å². The first kappa shape index (κ1) is 32.0. The predicted molar refractivity (Wildman–Crippen MR) is 177 cm³/mol. The summed E-state index contributed by atoms with van der Waals surface area (Å²) in [6.07, 6.45) is 10.3. The Bertz CT molecular complexity index is 1580. The summed E-state index contributed by atoms with van der Waals surface area (Å²) in [5.41, 5.74) is 3.29. The molecule has 0 radical (unpaired) electrons. The van der Waals surface area contributed by atoms with E-state index in [2.05, 4.69) is 77.4 Å². The lowest BCUT2D eigenvalue weighted by Gasteiger charge is -2.31. The van der Waals surface area contributed by atoms with Crippen molar-refractivity contribution in [1.82, 2.24) is 29.3 Å². The van der Waals surface area contributed by atoms with Gasteiger partial charge in [0.05, 0.1) is 30.7 Å². The summed E-state index contributed by atoms with van der Waals surface area (Å²) in [5, 5.41) is 12.8. The maximum atomic E-state index is 12.9. The molecule has 2 aromatic carbocycles. The zero-order valence-corrected chi connectivity index (χ0v) is 27.5. The fourth-order valence-corrected chi connectivity index (χ4v) is 6.43. The van der Waals surface area contributed by atoms with Crippen LogP contribution in [0.25, 0.3) is 5.69 Å². The van der Waals surface area contributed by atoms with Crippen LogP contribution in [0.15, 0.2) is 72.0 Å². The van der Waals surface area contributed by atoms with Crippen LogP contribution in [0.3, 0.4) is 0 Å². The Kier molecular flexibility index (Phi) is 9.89. The molecule has 11 heteroatoms. The van der Waals surface area contributed by atoms with Crippen LogP contribution in [-0.4, -0.2) is 67.5 Å². The van der Waals surface area contributed by atoms with Gasteiger partial charge in [0.2, 0.25) is 0 Å². The van der Waals surface area contributed by atoms with Crippen LogP contribution in [0.1, 0.15) is 77.3 Å². The quantitative estimate of drug-likeness (QED) is 0.211. The molecule has 0 N–H and O–H groups in total. The molecule has 6 rings (SSSR count). The molecule has 2 unspecified atom stereocenters. The van der Waals surface area contributed by atoms with E-state index in [9.17, 15) is 4.79 Å². The summed E-state index contributed by atoms with van der Waals surface area (Å²) >= 11 is 0. The standard InChI is InChI=1S/C35H47N7O4/c1-5-27(4)42-34(43)40(25-38-42)31-13-11-30(12-14-31)39-20-7-6-8-28(17-21-39)29-9-15-32(16-10-29)44-22-33-23-45-35(46-33,26(2)3)24-41-36-18-19-37-41/h9-16,18-19,25-28,33H,5-8,17,20-24H2,1-4H3/t27?,28?,33-,35-/m0/s1. The van der Waals surface area contributed by atoms with E-state index >= 15 is 0 Å². The molecule has 46 heavy (non-hydrogen) atoms. The molecule has 0 spiro atoms. The van der Waals surface area contributed by atoms with Gasteiger partial charge in [-0.2, -0.15) is 20.1 Å². The normalized spacial score (nSPS) is 22.9. The lowest BCUT2D eigenvalue weighted by molar-refractivity contribution is -0.211. The highest BCUT2D eigenvalue weighted by atomic mass is 16.8. The van der Waals surface area contributed by atoms with E-state index in [1.54, 1.807) is 32.8 Å². The van der Waals surface area contributed by atoms with E-state index in [4.69, 9.17) is 14.2 Å². The minimum absolute atomic E-state index is 0.0787. The third-order valence-corrected chi connectivity index (χ3v) is 9.55. The molecule has 2 aromatic heterocycles. The highest BCUT2D eigenvalue weighted by molar-refractivity contribution is 5.51. The number of hydrogen-bond donors (Lipinski definition) is 0. The van der Waals surface area contributed by atoms with Crippen molar-refractivity contribution < 1.29 is 14.2 Å². The van der Waals surface area contributed by atoms with Gasteiger partial charge in [-0.05, 0) is 80.5 Å². The second-order valence-corrected chi connectivity index (χ2v) is 12.9. The van der Waals surface area contributed by atoms with Gasteiger partial charge in [-0.15, -0.1) is 0 Å². The van der Waals surface area contributed by atoms with Crippen molar-refractivity contribution in [3.8, 4) is 11.4 Å². The van der Waals surface area contributed by atoms with Gasteiger partial charge in [0, 0.05) is 24.7 Å². The monoisotopic (exact) mass is 629 g/mol. The van der Waals surface area contributed by atoms with Gasteiger partial charge in [0.15, 0.2) is 5.79 Å². The molecule has 0 bridgehead atoms. The average Bonchev–Trinajstić information content (AvgIpc) is 3.82. The van der Waals surface area contributed by atoms with Gasteiger partial charge in [-0.3, -0.25) is 0 Å². The Labute approximate surface area is 271 Å². The number of rotatable bonds is 11. The molecule has 246 valence electrons. The van der Waals surface area contributed by atoms with Gasteiger partial charge < -0.3 is 19.1 Å². The molecule has 2 saturated heterocycles. The Balaban J connectivity index is 1.02. The maximum Gasteiger partial charge on any atom is 0.350 e. The van der Waals surface area contributed by atoms with Crippen LogP contribution in [0.4, 0.5) is 5.69 Å². The van der Waals surface area contributed by atoms with Crippen molar-refractivity contribution in [3.63, 3.8) is 0 Å². The molecule has 2 aliphatic rings. The number of aromatic nitrogens is 6. The molecule has 2 fully saturated rings. The van der Waals surface area contributed by atoms with Crippen LogP contribution in [0, 0.1) is 5.92 Å². The van der Waals surface area contributed by atoms with Crippen molar-refractivity contribution >= 4 is 5.69 Å². The molecule has 2 aliphatic heterocycles. The van der Waals surface area contributed by atoms with E-state index in [-0.39, 0.29) is 23.8 Å². The Hall–Kier alpha value is -3.96. The van der Waals surface area contributed by atoms with Gasteiger partial charge >= 0.3 is 5.69 Å². The predicted octanol–water partition coefficient (Wildman–Crippen LogP) is 5.61. The molecule has 0 amide bonds. The summed E-state index contributed by atoms with van der Waals surface area (Å²) in [6.45, 7) is 11.6. The van der Waals surface area contributed by atoms with Crippen LogP contribution < -0.4 is 15.3 Å². The first-order chi connectivity index (χ1) is 22.3. The molecule has 4 heterocycles. The third kappa shape index (κ3) is 7.05. The smallest absolute Gasteiger partial charge is 0.350 e. The summed E-state index contributed by atoms with van der Waals surface area (Å²) < 4.78 is 21.9. The zero-order chi connectivity index (χ0) is 32.1. The summed E-state index contributed by atoms with van der Waals surface area (Å²) in [6, 6.07) is 17.0. The van der Waals surface area contributed by atoms with Crippen LogP contribution >= 0.6 is 0 Å². The van der Waals surface area contributed by atoms with Crippen molar-refractivity contribution in [2.75, 3.05) is 31.2 Å². The van der Waals surface area contributed by atoms with Gasteiger partial charge in [0.25, 0.3) is 0 Å². The van der Waals surface area contributed by atoms with Crippen molar-refractivity contribution in [2.45, 2.75) is 90.2 Å². The Morgan fingerprint density at radius 1 is 0.935 bits per heavy atom. The molecule has 4 atom stereocenters. The van der Waals surface area contributed by atoms with Crippen LogP contribution in [-0.2, 0) is 16.0 Å². The van der Waals surface area contributed by atoms with Gasteiger partial charge in [-0.25, -0.2) is 14.0 Å². The summed E-state index contributed by atoms with van der Waals surface area (Å²) in [5.74, 6) is 0.708. The fourth-order valence-electron chi connectivity index (χ4n) is 6.43. The lowest BCUT2D eigenvalue weighted by Crippen LogP contribution is -2.42. The number of nitrogens with zero attached hydrogens (tertiary/aromatic N) is 7. The Morgan fingerprint density at radius 2 is 1.67 bits per heavy atom. The highest BCUT2D eigenvalue weighted by Gasteiger charge is 2.45. The van der Waals surface area contributed by atoms with Crippen LogP contribution in [0.2, 0.25) is 0 Å². The second kappa shape index (κ2) is 14.2. The zero-order valence-electron chi connectivity index (χ0n) is 27.5. The minimum atomic E-state index is -0.762. The number of ether oxygens (including phenoxy) is 3. The second-order valence-electron chi connectivity index (χ2n) is 12.9. The number of hydrogen-bond acceptors (Lipinski definition) is 8. The number of anilines is 1. The van der Waals surface area contributed by atoms with Crippen molar-refractivity contribution in [1.29, 1.82) is 0 Å². The molecule has 11 nitrogen and oxygen atoms in total. The third-order valence-electron chi connectivity index (χ3n) is 9.55. The Morgan fingerprint density at radius 3 is 2.39 bits per heavy atom. The first-order valence-corrected chi connectivity index (χ1v) is 16.8. The van der Waals surface area contributed by atoms with E-state index in [1.807, 2.05) is 19.1 Å². The first-order valence-electron chi connectivity index (χ1n) is 16.8. The summed E-state index contributed by atoms with van der Waals surface area (Å²) in [7, 11) is 0. The molecular formula is C35H47N7O4. The van der Waals surface area contributed by atoms with Crippen molar-refractivity contribution in [2.24, 2.45) is 5.92 Å². The van der Waals surface area contributed by atoms with Crippen LogP contribution in [0.5, 0.6) is 5.75 Å². The molecule has 4 aromatic rings. The van der Waals surface area contributed by atoms with Gasteiger partial charge in [0.1, 0.15) is 31.3 Å². The molecule has 0 saturated carbocycles. The SMILES string of the molecule is CCC(C)n1ncn(-c2ccc(N3CCCCC(c4ccc(OC[C@H]5CO[C@](Cn6nccn6)(C(C)C)O5)cc4)CC3)cc2)c1=O. The van der Waals surface area contributed by atoms with E-state index in [0.29, 0.717) is 25.7 Å². The van der Waals surface area contributed by atoms with E-state index in [0.717, 1.165) is 43.8 Å². The fraction of sp³-hybridized carbons (Fsp3) is 0.543. The highest BCUT2D eigenvalue weighted by Crippen LogP contribution is 2.34. The van der Waals surface area contributed by atoms with E-state index < -0.39 is 5.79 Å². The van der Waals surface area contributed by atoms with Crippen molar-refractivity contribution in [3.05, 3.63) is 83.3 Å². The lowest BCUT2D eigenvalue weighted by atomic mass is 9.89. The number of benzene rings is 2. The average molecular weight is 630 g/mol. The maximum absolute atomic E-state index is 12.9. The molecule has 0 aliphatic carbocycles. The largest absolute Gasteiger partial charge is 0.491 e. The van der Waals surface area contributed by atoms with Gasteiger partial charge in [-0.1, -0.05) is 39.3 Å². The van der Waals surface area contributed by atoms with E-state index in [1.165, 1.54) is 24.1 Å². The molecular weight excluding hydrogens is 582 g/mol. The summed E-state index contributed by atoms with van der Waals surface area (Å²) in [4.78, 5) is 16.9.